The molecule has 1 fully saturated rings. The Balaban J connectivity index is 2.65. The van der Waals surface area contributed by atoms with E-state index in [-0.39, 0.29) is 11.2 Å². The van der Waals surface area contributed by atoms with Crippen LogP contribution in [0.4, 0.5) is 0 Å². The first-order valence-electron chi connectivity index (χ1n) is 6.64. The third-order valence-corrected chi connectivity index (χ3v) is 4.23. The van der Waals surface area contributed by atoms with Crippen molar-refractivity contribution < 1.29 is 4.74 Å². The molecule has 0 spiro atoms. The van der Waals surface area contributed by atoms with E-state index in [0.29, 0.717) is 0 Å². The summed E-state index contributed by atoms with van der Waals surface area (Å²) >= 11 is 3.64. The van der Waals surface area contributed by atoms with Crippen LogP contribution in [-0.4, -0.2) is 41.1 Å². The van der Waals surface area contributed by atoms with Crippen LogP contribution in [0, 0.1) is 11.8 Å². The number of alkyl halides is 1. The molecule has 0 aromatic heterocycles. The second-order valence-corrected chi connectivity index (χ2v) is 7.60. The van der Waals surface area contributed by atoms with Gasteiger partial charge in [0, 0.05) is 25.0 Å². The molecule has 0 saturated carbocycles. The van der Waals surface area contributed by atoms with E-state index in [2.05, 4.69) is 62.4 Å². The van der Waals surface area contributed by atoms with Gasteiger partial charge in [-0.05, 0) is 39.5 Å². The minimum atomic E-state index is -0.0322. The zero-order valence-electron chi connectivity index (χ0n) is 12.2. The molecule has 0 radical (unpaired) electrons. The van der Waals surface area contributed by atoms with Gasteiger partial charge in [0.1, 0.15) is 0 Å². The number of morpholine rings is 1. The average Bonchev–Trinajstić information content (AvgIpc) is 2.08. The molecule has 0 aliphatic carbocycles. The van der Waals surface area contributed by atoms with Crippen molar-refractivity contribution in [2.75, 3.05) is 25.0 Å². The van der Waals surface area contributed by atoms with Crippen molar-refractivity contribution in [2.45, 2.75) is 52.7 Å². The topological polar surface area (TPSA) is 12.5 Å². The van der Waals surface area contributed by atoms with E-state index in [1.165, 1.54) is 6.54 Å². The van der Waals surface area contributed by atoms with Crippen LogP contribution in [0.25, 0.3) is 0 Å². The van der Waals surface area contributed by atoms with Gasteiger partial charge in [-0.1, -0.05) is 29.8 Å². The highest BCUT2D eigenvalue weighted by Gasteiger charge is 2.38. The smallest absolute Gasteiger partial charge is 0.0760 e. The van der Waals surface area contributed by atoms with E-state index >= 15 is 0 Å². The van der Waals surface area contributed by atoms with Gasteiger partial charge in [-0.2, -0.15) is 0 Å². The zero-order chi connectivity index (χ0) is 13.3. The van der Waals surface area contributed by atoms with E-state index in [1.54, 1.807) is 0 Å². The highest BCUT2D eigenvalue weighted by molar-refractivity contribution is 9.09. The molecule has 1 unspecified atom stereocenters. The number of rotatable bonds is 4. The maximum absolute atomic E-state index is 6.11. The standard InChI is InChI=1S/C14H28BrNO/c1-11(2)12(7-15)8-16-9-13(3,4)17-14(5,6)10-16/h11-12H,7-10H2,1-6H3. The van der Waals surface area contributed by atoms with Crippen molar-refractivity contribution in [1.82, 2.24) is 4.90 Å². The summed E-state index contributed by atoms with van der Waals surface area (Å²) in [6, 6.07) is 0. The molecule has 0 aromatic rings. The van der Waals surface area contributed by atoms with Crippen LogP contribution in [0.5, 0.6) is 0 Å². The predicted molar refractivity (Wildman–Crippen MR) is 77.8 cm³/mol. The Hall–Kier alpha value is 0.400. The highest BCUT2D eigenvalue weighted by Crippen LogP contribution is 2.29. The largest absolute Gasteiger partial charge is 0.367 e. The van der Waals surface area contributed by atoms with Gasteiger partial charge in [0.15, 0.2) is 0 Å². The van der Waals surface area contributed by atoms with E-state index in [9.17, 15) is 0 Å². The lowest BCUT2D eigenvalue weighted by Crippen LogP contribution is -2.58. The molecule has 1 atom stereocenters. The van der Waals surface area contributed by atoms with Crippen LogP contribution in [0.3, 0.4) is 0 Å². The lowest BCUT2D eigenvalue weighted by atomic mass is 9.94. The Morgan fingerprint density at radius 2 is 1.59 bits per heavy atom. The maximum Gasteiger partial charge on any atom is 0.0760 e. The summed E-state index contributed by atoms with van der Waals surface area (Å²) in [7, 11) is 0. The second-order valence-electron chi connectivity index (χ2n) is 6.95. The number of hydrogen-bond acceptors (Lipinski definition) is 2. The molecular formula is C14H28BrNO. The molecule has 3 heteroatoms. The summed E-state index contributed by atoms with van der Waals surface area (Å²) in [4.78, 5) is 2.56. The molecule has 0 amide bonds. The Labute approximate surface area is 115 Å². The van der Waals surface area contributed by atoms with Crippen molar-refractivity contribution in [1.29, 1.82) is 0 Å². The Morgan fingerprint density at radius 1 is 1.12 bits per heavy atom. The van der Waals surface area contributed by atoms with Gasteiger partial charge in [0.2, 0.25) is 0 Å². The summed E-state index contributed by atoms with van der Waals surface area (Å²) < 4.78 is 6.11. The van der Waals surface area contributed by atoms with Gasteiger partial charge in [-0.25, -0.2) is 0 Å². The number of ether oxygens (including phenoxy) is 1. The fourth-order valence-corrected chi connectivity index (χ4v) is 3.80. The fraction of sp³-hybridized carbons (Fsp3) is 1.00. The molecule has 0 N–H and O–H groups in total. The first-order valence-corrected chi connectivity index (χ1v) is 7.76. The van der Waals surface area contributed by atoms with Crippen LogP contribution >= 0.6 is 15.9 Å². The number of hydrogen-bond donors (Lipinski definition) is 0. The molecule has 1 rings (SSSR count). The molecule has 1 aliphatic heterocycles. The molecule has 1 aliphatic rings. The monoisotopic (exact) mass is 305 g/mol. The fourth-order valence-electron chi connectivity index (χ4n) is 2.84. The molecule has 0 bridgehead atoms. The first kappa shape index (κ1) is 15.5. The Bertz CT molecular complexity index is 235. The number of nitrogens with zero attached hydrogens (tertiary/aromatic N) is 1. The van der Waals surface area contributed by atoms with E-state index in [4.69, 9.17) is 4.74 Å². The summed E-state index contributed by atoms with van der Waals surface area (Å²) in [5.41, 5.74) is -0.0643. The Kier molecular flexibility index (Phi) is 5.07. The van der Waals surface area contributed by atoms with Gasteiger partial charge in [0.25, 0.3) is 0 Å². The normalized spacial score (nSPS) is 26.1. The van der Waals surface area contributed by atoms with Gasteiger partial charge >= 0.3 is 0 Å². The Morgan fingerprint density at radius 3 is 1.94 bits per heavy atom. The summed E-state index contributed by atoms with van der Waals surface area (Å²) in [6.07, 6.45) is 0. The third kappa shape index (κ3) is 4.88. The van der Waals surface area contributed by atoms with Gasteiger partial charge in [-0.15, -0.1) is 0 Å². The van der Waals surface area contributed by atoms with Crippen molar-refractivity contribution in [3.05, 3.63) is 0 Å². The van der Waals surface area contributed by atoms with E-state index < -0.39 is 0 Å². The molecule has 17 heavy (non-hydrogen) atoms. The molecule has 2 nitrogen and oxygen atoms in total. The lowest BCUT2D eigenvalue weighted by Gasteiger charge is -2.48. The SMILES string of the molecule is CC(C)C(CBr)CN1CC(C)(C)OC(C)(C)C1. The van der Waals surface area contributed by atoms with Crippen molar-refractivity contribution in [3.8, 4) is 0 Å². The molecular weight excluding hydrogens is 278 g/mol. The van der Waals surface area contributed by atoms with Crippen molar-refractivity contribution in [3.63, 3.8) is 0 Å². The van der Waals surface area contributed by atoms with Crippen LogP contribution in [0.15, 0.2) is 0 Å². The molecule has 1 heterocycles. The van der Waals surface area contributed by atoms with Gasteiger partial charge in [-0.3, -0.25) is 4.90 Å². The van der Waals surface area contributed by atoms with Crippen molar-refractivity contribution >= 4 is 15.9 Å². The second kappa shape index (κ2) is 5.58. The first-order chi connectivity index (χ1) is 7.65. The van der Waals surface area contributed by atoms with Crippen LogP contribution in [0.1, 0.15) is 41.5 Å². The van der Waals surface area contributed by atoms with E-state index in [1.807, 2.05) is 0 Å². The molecule has 102 valence electrons. The average molecular weight is 306 g/mol. The highest BCUT2D eigenvalue weighted by atomic mass is 79.9. The molecule has 1 saturated heterocycles. The van der Waals surface area contributed by atoms with Gasteiger partial charge < -0.3 is 4.74 Å². The number of halogens is 1. The summed E-state index contributed by atoms with van der Waals surface area (Å²) in [6.45, 7) is 16.6. The van der Waals surface area contributed by atoms with Crippen LogP contribution < -0.4 is 0 Å². The van der Waals surface area contributed by atoms with Crippen LogP contribution in [-0.2, 0) is 4.74 Å². The summed E-state index contributed by atoms with van der Waals surface area (Å²) in [5, 5.41) is 1.09. The zero-order valence-corrected chi connectivity index (χ0v) is 13.8. The van der Waals surface area contributed by atoms with Crippen molar-refractivity contribution in [2.24, 2.45) is 11.8 Å². The third-order valence-electron chi connectivity index (χ3n) is 3.40. The molecule has 0 aromatic carbocycles. The van der Waals surface area contributed by atoms with Gasteiger partial charge in [0.05, 0.1) is 11.2 Å². The van der Waals surface area contributed by atoms with E-state index in [0.717, 1.165) is 30.3 Å². The quantitative estimate of drug-likeness (QED) is 0.737. The summed E-state index contributed by atoms with van der Waals surface area (Å²) in [5.74, 6) is 1.45. The lowest BCUT2D eigenvalue weighted by molar-refractivity contribution is -0.182. The predicted octanol–water partition coefficient (Wildman–Crippen LogP) is 3.54. The minimum absolute atomic E-state index is 0.0322. The van der Waals surface area contributed by atoms with Crippen LogP contribution in [0.2, 0.25) is 0 Å². The maximum atomic E-state index is 6.11. The minimum Gasteiger partial charge on any atom is -0.367 e.